The van der Waals surface area contributed by atoms with Gasteiger partial charge < -0.3 is 4.74 Å². The van der Waals surface area contributed by atoms with Gasteiger partial charge in [-0.3, -0.25) is 4.79 Å². The topological polar surface area (TPSA) is 44.1 Å². The first-order valence-electron chi connectivity index (χ1n) is 6.72. The van der Waals surface area contributed by atoms with Crippen molar-refractivity contribution in [2.75, 3.05) is 0 Å². The van der Waals surface area contributed by atoms with E-state index in [1.165, 1.54) is 0 Å². The van der Waals surface area contributed by atoms with Crippen molar-refractivity contribution in [3.05, 3.63) is 70.3 Å². The number of benzene rings is 2. The van der Waals surface area contributed by atoms with Gasteiger partial charge in [-0.2, -0.15) is 9.78 Å². The first-order chi connectivity index (χ1) is 10.7. The molecule has 1 aromatic heterocycles. The van der Waals surface area contributed by atoms with E-state index in [-0.39, 0.29) is 0 Å². The fourth-order valence-electron chi connectivity index (χ4n) is 2.11. The Bertz CT molecular complexity index is 796. The highest BCUT2D eigenvalue weighted by Gasteiger charge is 2.18. The highest BCUT2D eigenvalue weighted by Crippen LogP contribution is 2.30. The molecule has 110 valence electrons. The number of nitrogens with zero attached hydrogens (tertiary/aromatic N) is 2. The maximum absolute atomic E-state index is 11.4. The number of rotatable bonds is 4. The molecule has 0 aliphatic rings. The molecule has 5 heteroatoms. The molecule has 0 aliphatic carbocycles. The molecule has 22 heavy (non-hydrogen) atoms. The summed E-state index contributed by atoms with van der Waals surface area (Å²) in [5, 5.41) is 4.42. The van der Waals surface area contributed by atoms with E-state index in [9.17, 15) is 4.79 Å². The number of halogens is 1. The van der Waals surface area contributed by atoms with Gasteiger partial charge in [0.15, 0.2) is 6.29 Å². The summed E-state index contributed by atoms with van der Waals surface area (Å²) in [5.74, 6) is 1.06. The van der Waals surface area contributed by atoms with Gasteiger partial charge in [-0.05, 0) is 43.3 Å². The summed E-state index contributed by atoms with van der Waals surface area (Å²) in [4.78, 5) is 11.4. The van der Waals surface area contributed by atoms with Gasteiger partial charge in [0.05, 0.1) is 16.9 Å². The Labute approximate surface area is 136 Å². The molecule has 0 fully saturated rings. The zero-order valence-electron chi connectivity index (χ0n) is 11.9. The van der Waals surface area contributed by atoms with Crippen LogP contribution in [-0.2, 0) is 0 Å². The van der Waals surface area contributed by atoms with E-state index in [0.717, 1.165) is 16.4 Å². The maximum atomic E-state index is 11.4. The Hall–Kier alpha value is -2.40. The third-order valence-electron chi connectivity index (χ3n) is 3.21. The Kier molecular flexibility index (Phi) is 4.06. The van der Waals surface area contributed by atoms with Crippen molar-refractivity contribution in [1.29, 1.82) is 0 Å². The minimum absolute atomic E-state index is 0.418. The molecule has 0 unspecified atom stereocenters. The Morgan fingerprint density at radius 1 is 1.09 bits per heavy atom. The lowest BCUT2D eigenvalue weighted by Crippen LogP contribution is -2.00. The number of aryl methyl sites for hydroxylation is 1. The second kappa shape index (κ2) is 6.15. The van der Waals surface area contributed by atoms with Gasteiger partial charge in [0.2, 0.25) is 5.88 Å². The van der Waals surface area contributed by atoms with Crippen LogP contribution in [-0.4, -0.2) is 16.1 Å². The molecule has 3 rings (SSSR count). The second-order valence-corrected chi connectivity index (χ2v) is 5.64. The van der Waals surface area contributed by atoms with Gasteiger partial charge in [0.25, 0.3) is 0 Å². The van der Waals surface area contributed by atoms with E-state index in [2.05, 4.69) is 21.0 Å². The van der Waals surface area contributed by atoms with Gasteiger partial charge in [-0.25, -0.2) is 0 Å². The van der Waals surface area contributed by atoms with Crippen LogP contribution < -0.4 is 4.74 Å². The molecule has 0 amide bonds. The number of aldehydes is 1. The van der Waals surface area contributed by atoms with Gasteiger partial charge >= 0.3 is 0 Å². The van der Waals surface area contributed by atoms with Crippen LogP contribution in [0.15, 0.2) is 59.1 Å². The highest BCUT2D eigenvalue weighted by atomic mass is 79.9. The average Bonchev–Trinajstić information content (AvgIpc) is 2.86. The van der Waals surface area contributed by atoms with Crippen LogP contribution in [0.2, 0.25) is 0 Å². The van der Waals surface area contributed by atoms with Crippen LogP contribution in [0.5, 0.6) is 11.6 Å². The Morgan fingerprint density at radius 2 is 1.77 bits per heavy atom. The first kappa shape index (κ1) is 14.5. The summed E-state index contributed by atoms with van der Waals surface area (Å²) in [6.07, 6.45) is 0.774. The maximum Gasteiger partial charge on any atom is 0.233 e. The summed E-state index contributed by atoms with van der Waals surface area (Å²) in [6, 6.07) is 17.0. The molecule has 1 heterocycles. The van der Waals surface area contributed by atoms with Crippen molar-refractivity contribution in [2.24, 2.45) is 0 Å². The number of hydrogen-bond acceptors (Lipinski definition) is 3. The zero-order valence-corrected chi connectivity index (χ0v) is 13.4. The number of hydrogen-bond donors (Lipinski definition) is 0. The molecule has 0 N–H and O–H groups in total. The van der Waals surface area contributed by atoms with E-state index < -0.39 is 0 Å². The quantitative estimate of drug-likeness (QED) is 0.644. The van der Waals surface area contributed by atoms with E-state index >= 15 is 0 Å². The standard InChI is InChI=1S/C17H13BrN2O2/c1-12-16(11-21)17(22-15-9-7-13(18)8-10-15)20(19-12)14-5-3-2-4-6-14/h2-11H,1H3. The van der Waals surface area contributed by atoms with Crippen molar-refractivity contribution in [3.8, 4) is 17.3 Å². The number of para-hydroxylation sites is 1. The van der Waals surface area contributed by atoms with Crippen LogP contribution in [0.4, 0.5) is 0 Å². The van der Waals surface area contributed by atoms with Crippen molar-refractivity contribution in [3.63, 3.8) is 0 Å². The van der Waals surface area contributed by atoms with Crippen LogP contribution >= 0.6 is 15.9 Å². The SMILES string of the molecule is Cc1nn(-c2ccccc2)c(Oc2ccc(Br)cc2)c1C=O. The van der Waals surface area contributed by atoms with E-state index in [4.69, 9.17) is 4.74 Å². The fourth-order valence-corrected chi connectivity index (χ4v) is 2.37. The lowest BCUT2D eigenvalue weighted by molar-refractivity contribution is 0.112. The highest BCUT2D eigenvalue weighted by molar-refractivity contribution is 9.10. The third kappa shape index (κ3) is 2.80. The molecular formula is C17H13BrN2O2. The molecule has 3 aromatic rings. The van der Waals surface area contributed by atoms with Crippen LogP contribution in [0.25, 0.3) is 5.69 Å². The Morgan fingerprint density at radius 3 is 2.41 bits per heavy atom. The van der Waals surface area contributed by atoms with Crippen molar-refractivity contribution < 1.29 is 9.53 Å². The number of aromatic nitrogens is 2. The monoisotopic (exact) mass is 356 g/mol. The minimum Gasteiger partial charge on any atom is -0.438 e. The van der Waals surface area contributed by atoms with Gasteiger partial charge in [0, 0.05) is 4.47 Å². The van der Waals surface area contributed by atoms with Crippen LogP contribution in [0, 0.1) is 6.92 Å². The fraction of sp³-hybridized carbons (Fsp3) is 0.0588. The summed E-state index contributed by atoms with van der Waals surface area (Å²) in [7, 11) is 0. The summed E-state index contributed by atoms with van der Waals surface area (Å²) in [5.41, 5.74) is 1.92. The lowest BCUT2D eigenvalue weighted by atomic mass is 10.2. The lowest BCUT2D eigenvalue weighted by Gasteiger charge is -2.09. The summed E-state index contributed by atoms with van der Waals surface area (Å²) in [6.45, 7) is 1.79. The van der Waals surface area contributed by atoms with Gasteiger partial charge in [0.1, 0.15) is 5.75 Å². The first-order valence-corrected chi connectivity index (χ1v) is 7.52. The molecule has 4 nitrogen and oxygen atoms in total. The average molecular weight is 357 g/mol. The van der Waals surface area contributed by atoms with Crippen molar-refractivity contribution in [2.45, 2.75) is 6.92 Å². The number of carbonyl (C=O) groups is 1. The number of ether oxygens (including phenoxy) is 1. The normalized spacial score (nSPS) is 10.5. The molecule has 0 bridgehead atoms. The summed E-state index contributed by atoms with van der Waals surface area (Å²) >= 11 is 3.39. The van der Waals surface area contributed by atoms with E-state index in [1.54, 1.807) is 11.6 Å². The number of carbonyl (C=O) groups excluding carboxylic acids is 1. The Balaban J connectivity index is 2.08. The molecule has 0 radical (unpaired) electrons. The molecular weight excluding hydrogens is 344 g/mol. The zero-order chi connectivity index (χ0) is 15.5. The van der Waals surface area contributed by atoms with Crippen molar-refractivity contribution in [1.82, 2.24) is 9.78 Å². The molecule has 0 saturated carbocycles. The third-order valence-corrected chi connectivity index (χ3v) is 3.74. The predicted molar refractivity (Wildman–Crippen MR) is 87.9 cm³/mol. The molecule has 0 saturated heterocycles. The summed E-state index contributed by atoms with van der Waals surface area (Å²) < 4.78 is 8.51. The van der Waals surface area contributed by atoms with Crippen molar-refractivity contribution >= 4 is 22.2 Å². The molecule has 0 atom stereocenters. The van der Waals surface area contributed by atoms with Gasteiger partial charge in [-0.15, -0.1) is 0 Å². The molecule has 0 spiro atoms. The largest absolute Gasteiger partial charge is 0.438 e. The van der Waals surface area contributed by atoms with Crippen LogP contribution in [0.1, 0.15) is 16.1 Å². The molecule has 0 aliphatic heterocycles. The minimum atomic E-state index is 0.418. The smallest absolute Gasteiger partial charge is 0.233 e. The predicted octanol–water partition coefficient (Wildman–Crippen LogP) is 4.55. The molecule has 2 aromatic carbocycles. The van der Waals surface area contributed by atoms with Gasteiger partial charge in [-0.1, -0.05) is 34.1 Å². The second-order valence-electron chi connectivity index (χ2n) is 4.73. The van der Waals surface area contributed by atoms with E-state index in [1.807, 2.05) is 54.6 Å². The van der Waals surface area contributed by atoms with Crippen LogP contribution in [0.3, 0.4) is 0 Å². The van der Waals surface area contributed by atoms with E-state index in [0.29, 0.717) is 22.9 Å².